The quantitative estimate of drug-likeness (QED) is 0.875. The standard InChI is InChI=1S/C15H17N3O3/c1-20-11-4-3-5-12(21-2)14(11)15(19)18-13-7-6-10(8-16)9-17-13/h3-7,9H,8,16H2,1-2H3,(H,17,18,19). The summed E-state index contributed by atoms with van der Waals surface area (Å²) in [6, 6.07) is 8.65. The molecule has 1 amide bonds. The van der Waals surface area contributed by atoms with Gasteiger partial charge < -0.3 is 20.5 Å². The van der Waals surface area contributed by atoms with Gasteiger partial charge in [-0.3, -0.25) is 4.79 Å². The van der Waals surface area contributed by atoms with Gasteiger partial charge in [0.15, 0.2) is 0 Å². The minimum Gasteiger partial charge on any atom is -0.496 e. The largest absolute Gasteiger partial charge is 0.496 e. The summed E-state index contributed by atoms with van der Waals surface area (Å²) in [4.78, 5) is 16.5. The molecule has 0 unspecified atom stereocenters. The van der Waals surface area contributed by atoms with Crippen LogP contribution in [0.2, 0.25) is 0 Å². The van der Waals surface area contributed by atoms with E-state index in [0.717, 1.165) is 5.56 Å². The van der Waals surface area contributed by atoms with Gasteiger partial charge in [0.05, 0.1) is 14.2 Å². The van der Waals surface area contributed by atoms with Crippen molar-refractivity contribution in [1.29, 1.82) is 0 Å². The first-order valence-corrected chi connectivity index (χ1v) is 6.37. The number of methoxy groups -OCH3 is 2. The van der Waals surface area contributed by atoms with Gasteiger partial charge in [0.25, 0.3) is 5.91 Å². The second-order valence-electron chi connectivity index (χ2n) is 4.25. The van der Waals surface area contributed by atoms with E-state index >= 15 is 0 Å². The van der Waals surface area contributed by atoms with E-state index in [1.165, 1.54) is 14.2 Å². The molecule has 2 aromatic rings. The van der Waals surface area contributed by atoms with E-state index in [-0.39, 0.29) is 5.91 Å². The Bertz CT molecular complexity index is 604. The number of amides is 1. The summed E-state index contributed by atoms with van der Waals surface area (Å²) in [5, 5.41) is 2.71. The molecule has 6 nitrogen and oxygen atoms in total. The number of aromatic nitrogens is 1. The molecule has 1 heterocycles. The van der Waals surface area contributed by atoms with Crippen LogP contribution in [-0.4, -0.2) is 25.1 Å². The summed E-state index contributed by atoms with van der Waals surface area (Å²) in [6.07, 6.45) is 1.62. The highest BCUT2D eigenvalue weighted by Crippen LogP contribution is 2.28. The maximum absolute atomic E-state index is 12.4. The van der Waals surface area contributed by atoms with Crippen LogP contribution in [0.1, 0.15) is 15.9 Å². The Morgan fingerprint density at radius 3 is 2.33 bits per heavy atom. The number of carbonyl (C=O) groups is 1. The van der Waals surface area contributed by atoms with Gasteiger partial charge in [0.1, 0.15) is 22.9 Å². The lowest BCUT2D eigenvalue weighted by Gasteiger charge is -2.12. The molecule has 0 atom stereocenters. The lowest BCUT2D eigenvalue weighted by atomic mass is 10.1. The lowest BCUT2D eigenvalue weighted by molar-refractivity contribution is 0.102. The fraction of sp³-hybridized carbons (Fsp3) is 0.200. The van der Waals surface area contributed by atoms with Crippen molar-refractivity contribution in [3.63, 3.8) is 0 Å². The molecule has 2 rings (SSSR count). The van der Waals surface area contributed by atoms with Gasteiger partial charge in [0.2, 0.25) is 0 Å². The van der Waals surface area contributed by atoms with E-state index in [1.54, 1.807) is 30.5 Å². The average molecular weight is 287 g/mol. The molecule has 0 radical (unpaired) electrons. The lowest BCUT2D eigenvalue weighted by Crippen LogP contribution is -2.15. The van der Waals surface area contributed by atoms with Gasteiger partial charge >= 0.3 is 0 Å². The number of pyridine rings is 1. The van der Waals surface area contributed by atoms with Crippen molar-refractivity contribution >= 4 is 11.7 Å². The Kier molecular flexibility index (Phi) is 4.73. The number of carbonyl (C=O) groups excluding carboxylic acids is 1. The molecule has 0 saturated carbocycles. The van der Waals surface area contributed by atoms with E-state index < -0.39 is 0 Å². The highest BCUT2D eigenvalue weighted by molar-refractivity contribution is 6.07. The smallest absolute Gasteiger partial charge is 0.264 e. The second kappa shape index (κ2) is 6.71. The van der Waals surface area contributed by atoms with E-state index in [1.807, 2.05) is 6.07 Å². The predicted octanol–water partition coefficient (Wildman–Crippen LogP) is 1.81. The Morgan fingerprint density at radius 1 is 1.19 bits per heavy atom. The zero-order valence-electron chi connectivity index (χ0n) is 11.9. The number of hydrogen-bond acceptors (Lipinski definition) is 5. The topological polar surface area (TPSA) is 86.5 Å². The van der Waals surface area contributed by atoms with Crippen LogP contribution in [0.3, 0.4) is 0 Å². The fourth-order valence-electron chi connectivity index (χ4n) is 1.87. The van der Waals surface area contributed by atoms with Crippen LogP contribution in [-0.2, 0) is 6.54 Å². The van der Waals surface area contributed by atoms with Gasteiger partial charge in [-0.1, -0.05) is 12.1 Å². The number of nitrogens with one attached hydrogen (secondary N) is 1. The summed E-state index contributed by atoms with van der Waals surface area (Å²) in [5.41, 5.74) is 6.73. The maximum atomic E-state index is 12.4. The molecule has 1 aromatic carbocycles. The van der Waals surface area contributed by atoms with Crippen LogP contribution < -0.4 is 20.5 Å². The number of hydrogen-bond donors (Lipinski definition) is 2. The van der Waals surface area contributed by atoms with Gasteiger partial charge in [-0.15, -0.1) is 0 Å². The van der Waals surface area contributed by atoms with E-state index in [9.17, 15) is 4.79 Å². The number of benzene rings is 1. The molecular weight excluding hydrogens is 270 g/mol. The van der Waals surface area contributed by atoms with Crippen molar-refractivity contribution in [2.75, 3.05) is 19.5 Å². The average Bonchev–Trinajstić information content (AvgIpc) is 2.54. The van der Waals surface area contributed by atoms with Gasteiger partial charge in [-0.05, 0) is 23.8 Å². The van der Waals surface area contributed by atoms with Crippen LogP contribution in [0.25, 0.3) is 0 Å². The first kappa shape index (κ1) is 14.8. The van der Waals surface area contributed by atoms with Crippen LogP contribution in [0.15, 0.2) is 36.5 Å². The van der Waals surface area contributed by atoms with E-state index in [4.69, 9.17) is 15.2 Å². The van der Waals surface area contributed by atoms with E-state index in [2.05, 4.69) is 10.3 Å². The molecule has 1 aromatic heterocycles. The van der Waals surface area contributed by atoms with Crippen molar-refractivity contribution in [3.8, 4) is 11.5 Å². The second-order valence-corrected chi connectivity index (χ2v) is 4.25. The van der Waals surface area contributed by atoms with Crippen molar-refractivity contribution in [2.45, 2.75) is 6.54 Å². The predicted molar refractivity (Wildman–Crippen MR) is 79.6 cm³/mol. The Labute approximate surface area is 122 Å². The maximum Gasteiger partial charge on any atom is 0.264 e. The van der Waals surface area contributed by atoms with Gasteiger partial charge in [-0.25, -0.2) is 4.98 Å². The molecule has 0 spiro atoms. The minimum absolute atomic E-state index is 0.326. The molecule has 0 fully saturated rings. The third-order valence-corrected chi connectivity index (χ3v) is 2.96. The zero-order valence-corrected chi connectivity index (χ0v) is 11.9. The summed E-state index contributed by atoms with van der Waals surface area (Å²) in [5.74, 6) is 0.957. The summed E-state index contributed by atoms with van der Waals surface area (Å²) >= 11 is 0. The van der Waals surface area contributed by atoms with Crippen molar-refractivity contribution in [1.82, 2.24) is 4.98 Å². The number of anilines is 1. The SMILES string of the molecule is COc1cccc(OC)c1C(=O)Nc1ccc(CN)cn1. The molecule has 0 aliphatic heterocycles. The number of nitrogens with two attached hydrogens (primary N) is 1. The van der Waals surface area contributed by atoms with Crippen LogP contribution >= 0.6 is 0 Å². The molecule has 6 heteroatoms. The molecule has 0 bridgehead atoms. The number of nitrogens with zero attached hydrogens (tertiary/aromatic N) is 1. The molecule has 0 aliphatic rings. The van der Waals surface area contributed by atoms with Crippen molar-refractivity contribution in [2.24, 2.45) is 5.73 Å². The summed E-state index contributed by atoms with van der Waals surface area (Å²) < 4.78 is 10.4. The monoisotopic (exact) mass is 287 g/mol. The summed E-state index contributed by atoms with van der Waals surface area (Å²) in [6.45, 7) is 0.404. The highest BCUT2D eigenvalue weighted by atomic mass is 16.5. The Hall–Kier alpha value is -2.60. The van der Waals surface area contributed by atoms with Crippen LogP contribution in [0.5, 0.6) is 11.5 Å². The normalized spacial score (nSPS) is 10.0. The van der Waals surface area contributed by atoms with Crippen molar-refractivity contribution < 1.29 is 14.3 Å². The first-order chi connectivity index (χ1) is 10.2. The summed E-state index contributed by atoms with van der Waals surface area (Å²) in [7, 11) is 3.00. The Morgan fingerprint density at radius 2 is 1.86 bits per heavy atom. The third-order valence-electron chi connectivity index (χ3n) is 2.96. The molecular formula is C15H17N3O3. The van der Waals surface area contributed by atoms with Crippen LogP contribution in [0.4, 0.5) is 5.82 Å². The van der Waals surface area contributed by atoms with E-state index in [0.29, 0.717) is 29.4 Å². The highest BCUT2D eigenvalue weighted by Gasteiger charge is 2.18. The third kappa shape index (κ3) is 3.29. The zero-order chi connectivity index (χ0) is 15.2. The molecule has 21 heavy (non-hydrogen) atoms. The number of rotatable bonds is 5. The number of ether oxygens (including phenoxy) is 2. The Balaban J connectivity index is 2.27. The van der Waals surface area contributed by atoms with Gasteiger partial charge in [-0.2, -0.15) is 0 Å². The molecule has 0 saturated heterocycles. The van der Waals surface area contributed by atoms with Crippen molar-refractivity contribution in [3.05, 3.63) is 47.7 Å². The molecule has 3 N–H and O–H groups in total. The van der Waals surface area contributed by atoms with Crippen LogP contribution in [0, 0.1) is 0 Å². The molecule has 110 valence electrons. The fourth-order valence-corrected chi connectivity index (χ4v) is 1.87. The first-order valence-electron chi connectivity index (χ1n) is 6.37. The molecule has 0 aliphatic carbocycles. The minimum atomic E-state index is -0.350. The van der Waals surface area contributed by atoms with Gasteiger partial charge in [0, 0.05) is 12.7 Å².